The van der Waals surface area contributed by atoms with Crippen LogP contribution >= 0.6 is 0 Å². The highest BCUT2D eigenvalue weighted by Gasteiger charge is 2.30. The molecule has 0 unspecified atom stereocenters. The van der Waals surface area contributed by atoms with E-state index in [1.165, 1.54) is 0 Å². The summed E-state index contributed by atoms with van der Waals surface area (Å²) in [4.78, 5) is 26.4. The maximum Gasteiger partial charge on any atom is 0.252 e. The summed E-state index contributed by atoms with van der Waals surface area (Å²) in [7, 11) is 0. The van der Waals surface area contributed by atoms with Gasteiger partial charge >= 0.3 is 0 Å². The van der Waals surface area contributed by atoms with Crippen molar-refractivity contribution in [2.24, 2.45) is 0 Å². The van der Waals surface area contributed by atoms with E-state index in [0.29, 0.717) is 13.0 Å². The number of carbonyl (C=O) groups excluding carboxylic acids is 2. The van der Waals surface area contributed by atoms with Crippen LogP contribution in [-0.4, -0.2) is 35.8 Å². The van der Waals surface area contributed by atoms with Crippen LogP contribution in [0.4, 0.5) is 0 Å². The fourth-order valence-corrected chi connectivity index (χ4v) is 3.17. The molecule has 2 amide bonds. The second-order valence-electron chi connectivity index (χ2n) is 6.35. The Morgan fingerprint density at radius 2 is 1.82 bits per heavy atom. The smallest absolute Gasteiger partial charge is 0.252 e. The first kappa shape index (κ1) is 16.5. The molecule has 1 saturated heterocycles. The minimum atomic E-state index is -0.0776. The number of carbonyl (C=O) groups is 2. The molecule has 2 rings (SSSR count). The van der Waals surface area contributed by atoms with E-state index >= 15 is 0 Å². The van der Waals surface area contributed by atoms with E-state index in [2.05, 4.69) is 18.3 Å². The second-order valence-corrected chi connectivity index (χ2v) is 6.35. The van der Waals surface area contributed by atoms with Crippen LogP contribution in [0.5, 0.6) is 0 Å². The molecule has 1 fully saturated rings. The quantitative estimate of drug-likeness (QED) is 0.929. The van der Waals surface area contributed by atoms with Gasteiger partial charge in [0.15, 0.2) is 0 Å². The Morgan fingerprint density at radius 1 is 1.23 bits per heavy atom. The van der Waals surface area contributed by atoms with E-state index in [9.17, 15) is 9.59 Å². The van der Waals surface area contributed by atoms with Crippen molar-refractivity contribution >= 4 is 11.8 Å². The fraction of sp³-hybridized carbons (Fsp3) is 0.556. The Labute approximate surface area is 132 Å². The highest BCUT2D eigenvalue weighted by atomic mass is 16.2. The minimum absolute atomic E-state index is 0.0575. The van der Waals surface area contributed by atoms with E-state index in [1.54, 1.807) is 0 Å². The van der Waals surface area contributed by atoms with Crippen molar-refractivity contribution in [1.29, 1.82) is 0 Å². The van der Waals surface area contributed by atoms with E-state index in [1.807, 2.05) is 32.6 Å². The van der Waals surface area contributed by atoms with Gasteiger partial charge in [-0.25, -0.2) is 0 Å². The van der Waals surface area contributed by atoms with Gasteiger partial charge in [0.25, 0.3) is 5.91 Å². The largest absolute Gasteiger partial charge is 0.347 e. The molecule has 1 aliphatic heterocycles. The summed E-state index contributed by atoms with van der Waals surface area (Å²) in [5, 5.41) is 3.05. The van der Waals surface area contributed by atoms with E-state index < -0.39 is 0 Å². The van der Waals surface area contributed by atoms with Crippen LogP contribution in [0.15, 0.2) is 6.07 Å². The molecule has 1 heterocycles. The molecule has 1 atom stereocenters. The van der Waals surface area contributed by atoms with Gasteiger partial charge in [-0.1, -0.05) is 13.0 Å². The molecule has 1 aromatic carbocycles. The molecule has 4 heteroatoms. The van der Waals surface area contributed by atoms with Crippen LogP contribution in [0.3, 0.4) is 0 Å². The summed E-state index contributed by atoms with van der Waals surface area (Å²) in [6.45, 7) is 11.5. The minimum Gasteiger partial charge on any atom is -0.347 e. The van der Waals surface area contributed by atoms with E-state index in [-0.39, 0.29) is 17.9 Å². The van der Waals surface area contributed by atoms with Gasteiger partial charge in [-0.3, -0.25) is 9.59 Å². The topological polar surface area (TPSA) is 49.4 Å². The first-order valence-electron chi connectivity index (χ1n) is 8.01. The third-order valence-corrected chi connectivity index (χ3v) is 4.64. The van der Waals surface area contributed by atoms with Crippen molar-refractivity contribution in [3.05, 3.63) is 33.9 Å². The van der Waals surface area contributed by atoms with Gasteiger partial charge in [-0.05, 0) is 56.4 Å². The lowest BCUT2D eigenvalue weighted by atomic mass is 9.93. The number of amides is 2. The third-order valence-electron chi connectivity index (χ3n) is 4.64. The summed E-state index contributed by atoms with van der Waals surface area (Å²) in [5.74, 6) is 0.0824. The standard InChI is InChI=1S/C18H26N2O2/c1-6-7-20-10-15(9-16(20)21)19-18(22)17-13(4)11(2)8-12(3)14(17)5/h8,15H,6-7,9-10H2,1-5H3,(H,19,22)/t15-/m1/s1. The first-order valence-corrected chi connectivity index (χ1v) is 8.01. The number of nitrogens with one attached hydrogen (secondary N) is 1. The number of hydrogen-bond acceptors (Lipinski definition) is 2. The zero-order chi connectivity index (χ0) is 16.4. The molecule has 0 radical (unpaired) electrons. The van der Waals surface area contributed by atoms with Gasteiger partial charge in [0.2, 0.25) is 5.91 Å². The first-order chi connectivity index (χ1) is 10.3. The van der Waals surface area contributed by atoms with E-state index in [0.717, 1.165) is 40.8 Å². The second kappa shape index (κ2) is 6.51. The van der Waals surface area contributed by atoms with Crippen molar-refractivity contribution < 1.29 is 9.59 Å². The number of likely N-dealkylation sites (tertiary alicyclic amines) is 1. The average Bonchev–Trinajstić information content (AvgIpc) is 2.77. The summed E-state index contributed by atoms with van der Waals surface area (Å²) in [6.07, 6.45) is 1.36. The Morgan fingerprint density at radius 3 is 2.36 bits per heavy atom. The highest BCUT2D eigenvalue weighted by Crippen LogP contribution is 2.22. The van der Waals surface area contributed by atoms with Crippen LogP contribution < -0.4 is 5.32 Å². The van der Waals surface area contributed by atoms with Crippen molar-refractivity contribution in [1.82, 2.24) is 10.2 Å². The number of nitrogens with zero attached hydrogens (tertiary/aromatic N) is 1. The number of rotatable bonds is 4. The van der Waals surface area contributed by atoms with Gasteiger partial charge in [-0.2, -0.15) is 0 Å². The SMILES string of the molecule is CCCN1C[C@H](NC(=O)c2c(C)c(C)cc(C)c2C)CC1=O. The summed E-state index contributed by atoms with van der Waals surface area (Å²) < 4.78 is 0. The number of benzene rings is 1. The predicted molar refractivity (Wildman–Crippen MR) is 88.1 cm³/mol. The lowest BCUT2D eigenvalue weighted by Gasteiger charge is -2.18. The Kier molecular flexibility index (Phi) is 4.89. The molecular weight excluding hydrogens is 276 g/mol. The van der Waals surface area contributed by atoms with E-state index in [4.69, 9.17) is 0 Å². The molecule has 4 nitrogen and oxygen atoms in total. The van der Waals surface area contributed by atoms with Gasteiger partial charge in [0, 0.05) is 25.1 Å². The molecule has 22 heavy (non-hydrogen) atoms. The molecule has 0 aliphatic carbocycles. The van der Waals surface area contributed by atoms with Crippen molar-refractivity contribution in [2.75, 3.05) is 13.1 Å². The van der Waals surface area contributed by atoms with Crippen molar-refractivity contribution in [2.45, 2.75) is 53.5 Å². The molecule has 1 N–H and O–H groups in total. The molecule has 1 aliphatic rings. The summed E-state index contributed by atoms with van der Waals surface area (Å²) >= 11 is 0. The molecule has 120 valence electrons. The maximum atomic E-state index is 12.7. The van der Waals surface area contributed by atoms with Crippen LogP contribution in [0.25, 0.3) is 0 Å². The molecule has 0 bridgehead atoms. The Balaban J connectivity index is 2.16. The Bertz CT molecular complexity index is 581. The molecule has 0 spiro atoms. The molecule has 0 saturated carbocycles. The van der Waals surface area contributed by atoms with Gasteiger partial charge in [-0.15, -0.1) is 0 Å². The average molecular weight is 302 g/mol. The van der Waals surface area contributed by atoms with Crippen LogP contribution in [0.1, 0.15) is 52.4 Å². The third kappa shape index (κ3) is 3.16. The zero-order valence-corrected chi connectivity index (χ0v) is 14.2. The molecule has 1 aromatic rings. The van der Waals surface area contributed by atoms with Gasteiger partial charge in [0.05, 0.1) is 6.04 Å². The maximum absolute atomic E-state index is 12.7. The summed E-state index contributed by atoms with van der Waals surface area (Å²) in [6, 6.07) is 2.04. The number of hydrogen-bond donors (Lipinski definition) is 1. The highest BCUT2D eigenvalue weighted by molar-refractivity contribution is 5.98. The fourth-order valence-electron chi connectivity index (χ4n) is 3.17. The van der Waals surface area contributed by atoms with Crippen LogP contribution in [0.2, 0.25) is 0 Å². The lowest BCUT2D eigenvalue weighted by Crippen LogP contribution is -2.38. The number of aryl methyl sites for hydroxylation is 2. The summed E-state index contributed by atoms with van der Waals surface area (Å²) in [5.41, 5.74) is 5.07. The molecule has 0 aromatic heterocycles. The molecular formula is C18H26N2O2. The van der Waals surface area contributed by atoms with Gasteiger partial charge in [0.1, 0.15) is 0 Å². The van der Waals surface area contributed by atoms with Crippen molar-refractivity contribution in [3.8, 4) is 0 Å². The Hall–Kier alpha value is -1.84. The normalized spacial score (nSPS) is 18.0. The zero-order valence-electron chi connectivity index (χ0n) is 14.2. The van der Waals surface area contributed by atoms with Gasteiger partial charge < -0.3 is 10.2 Å². The van der Waals surface area contributed by atoms with Crippen LogP contribution in [0, 0.1) is 27.7 Å². The lowest BCUT2D eigenvalue weighted by molar-refractivity contribution is -0.127. The monoisotopic (exact) mass is 302 g/mol. The van der Waals surface area contributed by atoms with Crippen molar-refractivity contribution in [3.63, 3.8) is 0 Å². The van der Waals surface area contributed by atoms with Crippen LogP contribution in [-0.2, 0) is 4.79 Å². The predicted octanol–water partition coefficient (Wildman–Crippen LogP) is 2.66.